The second-order valence-electron chi connectivity index (χ2n) is 6.02. The Morgan fingerprint density at radius 3 is 3.00 bits per heavy atom. The van der Waals surface area contributed by atoms with Gasteiger partial charge in [0.15, 0.2) is 0 Å². The van der Waals surface area contributed by atoms with Crippen molar-refractivity contribution in [3.63, 3.8) is 0 Å². The zero-order chi connectivity index (χ0) is 15.8. The molecule has 2 atom stereocenters. The summed E-state index contributed by atoms with van der Waals surface area (Å²) in [5.74, 6) is 0.0517. The molecule has 2 aliphatic rings. The molecule has 2 amide bonds. The maximum atomic E-state index is 12.5. The van der Waals surface area contributed by atoms with Crippen molar-refractivity contribution in [2.75, 3.05) is 6.54 Å². The molecular weight excluding hydrogens is 294 g/mol. The first kappa shape index (κ1) is 14.0. The summed E-state index contributed by atoms with van der Waals surface area (Å²) in [5, 5.41) is 0. The van der Waals surface area contributed by atoms with Crippen LogP contribution in [0.5, 0.6) is 0 Å². The fraction of sp³-hybridized carbons (Fsp3) is 0.353. The molecule has 4 rings (SSSR count). The number of hydrogen-bond donors (Lipinski definition) is 0. The Kier molecular flexibility index (Phi) is 3.37. The molecule has 6 nitrogen and oxygen atoms in total. The predicted octanol–water partition coefficient (Wildman–Crippen LogP) is 1.69. The number of hydrogen-bond acceptors (Lipinski definition) is 4. The lowest BCUT2D eigenvalue weighted by atomic mass is 10.1. The second kappa shape index (κ2) is 5.53. The minimum Gasteiger partial charge on any atom is -0.472 e. The van der Waals surface area contributed by atoms with Crippen molar-refractivity contribution in [1.29, 1.82) is 0 Å². The molecule has 0 saturated carbocycles. The lowest BCUT2D eigenvalue weighted by molar-refractivity contribution is -0.129. The summed E-state index contributed by atoms with van der Waals surface area (Å²) < 4.78 is 5.00. The summed E-state index contributed by atoms with van der Waals surface area (Å²) in [5.41, 5.74) is 1.56. The van der Waals surface area contributed by atoms with Gasteiger partial charge in [-0.3, -0.25) is 14.6 Å². The highest BCUT2D eigenvalue weighted by Crippen LogP contribution is 2.34. The van der Waals surface area contributed by atoms with Gasteiger partial charge < -0.3 is 14.2 Å². The van der Waals surface area contributed by atoms with Gasteiger partial charge in [-0.2, -0.15) is 0 Å². The molecule has 4 heterocycles. The lowest BCUT2D eigenvalue weighted by Crippen LogP contribution is -2.39. The van der Waals surface area contributed by atoms with Gasteiger partial charge in [-0.1, -0.05) is 6.07 Å². The van der Waals surface area contributed by atoms with Gasteiger partial charge in [-0.05, 0) is 24.1 Å². The minimum atomic E-state index is -0.0534. The minimum absolute atomic E-state index is 0.0402. The van der Waals surface area contributed by atoms with Gasteiger partial charge in [0, 0.05) is 31.9 Å². The molecule has 118 valence electrons. The molecule has 2 aliphatic heterocycles. The van der Waals surface area contributed by atoms with E-state index in [1.165, 1.54) is 12.5 Å². The van der Waals surface area contributed by atoms with Crippen molar-refractivity contribution < 1.29 is 14.0 Å². The lowest BCUT2D eigenvalue weighted by Gasteiger charge is -2.25. The van der Waals surface area contributed by atoms with Gasteiger partial charge >= 0.3 is 0 Å². The number of fused-ring (bicyclic) bond motifs is 1. The fourth-order valence-corrected chi connectivity index (χ4v) is 3.63. The molecule has 2 aromatic heterocycles. The van der Waals surface area contributed by atoms with E-state index in [4.69, 9.17) is 4.42 Å². The number of furan rings is 1. The van der Waals surface area contributed by atoms with Crippen LogP contribution in [-0.2, 0) is 11.3 Å². The topological polar surface area (TPSA) is 66.7 Å². The Labute approximate surface area is 133 Å². The summed E-state index contributed by atoms with van der Waals surface area (Å²) >= 11 is 0. The highest BCUT2D eigenvalue weighted by molar-refractivity contribution is 5.95. The van der Waals surface area contributed by atoms with Gasteiger partial charge in [-0.15, -0.1) is 0 Å². The largest absolute Gasteiger partial charge is 0.472 e. The van der Waals surface area contributed by atoms with E-state index >= 15 is 0 Å². The van der Waals surface area contributed by atoms with Crippen LogP contribution in [-0.4, -0.2) is 45.2 Å². The van der Waals surface area contributed by atoms with Crippen molar-refractivity contribution in [2.24, 2.45) is 0 Å². The van der Waals surface area contributed by atoms with Crippen LogP contribution in [0, 0.1) is 0 Å². The van der Waals surface area contributed by atoms with Gasteiger partial charge in [0.25, 0.3) is 5.91 Å². The fourth-order valence-electron chi connectivity index (χ4n) is 3.63. The molecule has 0 aromatic carbocycles. The van der Waals surface area contributed by atoms with Gasteiger partial charge in [0.2, 0.25) is 5.91 Å². The second-order valence-corrected chi connectivity index (χ2v) is 6.02. The summed E-state index contributed by atoms with van der Waals surface area (Å²) in [6.45, 7) is 1.23. The van der Waals surface area contributed by atoms with E-state index in [9.17, 15) is 9.59 Å². The van der Waals surface area contributed by atoms with Crippen LogP contribution < -0.4 is 0 Å². The van der Waals surface area contributed by atoms with E-state index in [0.717, 1.165) is 12.0 Å². The number of carbonyl (C=O) groups is 2. The van der Waals surface area contributed by atoms with Crippen molar-refractivity contribution >= 4 is 11.8 Å². The number of rotatable bonds is 3. The Morgan fingerprint density at radius 1 is 1.35 bits per heavy atom. The zero-order valence-corrected chi connectivity index (χ0v) is 12.6. The van der Waals surface area contributed by atoms with Gasteiger partial charge in [0.05, 0.1) is 23.9 Å². The number of aromatic nitrogens is 1. The SMILES string of the molecule is O=C(c1ccoc1)N1CC[C@H]2[C@H]1CC(=O)N2Cc1cccnc1. The zero-order valence-electron chi connectivity index (χ0n) is 12.6. The average Bonchev–Trinajstić information content (AvgIpc) is 3.27. The maximum Gasteiger partial charge on any atom is 0.257 e. The quantitative estimate of drug-likeness (QED) is 0.865. The molecule has 2 fully saturated rings. The Morgan fingerprint density at radius 2 is 2.26 bits per heavy atom. The summed E-state index contributed by atoms with van der Waals surface area (Å²) in [7, 11) is 0. The van der Waals surface area contributed by atoms with Crippen LogP contribution in [0.15, 0.2) is 47.5 Å². The maximum absolute atomic E-state index is 12.5. The molecule has 0 N–H and O–H groups in total. The first-order chi connectivity index (χ1) is 11.2. The molecule has 23 heavy (non-hydrogen) atoms. The van der Waals surface area contributed by atoms with Crippen molar-refractivity contribution in [3.05, 3.63) is 54.2 Å². The first-order valence-corrected chi connectivity index (χ1v) is 7.75. The number of likely N-dealkylation sites (tertiary alicyclic amines) is 2. The Hall–Kier alpha value is -2.63. The molecule has 2 aromatic rings. The van der Waals surface area contributed by atoms with Crippen molar-refractivity contribution in [3.8, 4) is 0 Å². The van der Waals surface area contributed by atoms with Crippen molar-refractivity contribution in [1.82, 2.24) is 14.8 Å². The predicted molar refractivity (Wildman–Crippen MR) is 81.3 cm³/mol. The third kappa shape index (κ3) is 2.40. The van der Waals surface area contributed by atoms with Crippen LogP contribution in [0.4, 0.5) is 0 Å². The number of amides is 2. The normalized spacial score (nSPS) is 23.4. The monoisotopic (exact) mass is 311 g/mol. The highest BCUT2D eigenvalue weighted by atomic mass is 16.3. The average molecular weight is 311 g/mol. The third-order valence-electron chi connectivity index (χ3n) is 4.72. The summed E-state index contributed by atoms with van der Waals surface area (Å²) in [6, 6.07) is 5.56. The van der Waals surface area contributed by atoms with E-state index in [-0.39, 0.29) is 23.9 Å². The standard InChI is InChI=1S/C17H17N3O3/c21-16-8-15-14(20(16)10-12-2-1-5-18-9-12)3-6-19(15)17(22)13-4-7-23-11-13/h1-2,4-5,7,9,11,14-15H,3,6,8,10H2/t14-,15+/m0/s1. The number of pyridine rings is 1. The van der Waals surface area contributed by atoms with Gasteiger partial charge in [0.1, 0.15) is 6.26 Å². The van der Waals surface area contributed by atoms with E-state index in [0.29, 0.717) is 25.1 Å². The first-order valence-electron chi connectivity index (χ1n) is 7.75. The number of nitrogens with zero attached hydrogens (tertiary/aromatic N) is 3. The molecular formula is C17H17N3O3. The van der Waals surface area contributed by atoms with Crippen molar-refractivity contribution in [2.45, 2.75) is 31.5 Å². The summed E-state index contributed by atoms with van der Waals surface area (Å²) in [6.07, 6.45) is 7.67. The Bertz CT molecular complexity index is 714. The van der Waals surface area contributed by atoms with E-state index in [1.54, 1.807) is 18.5 Å². The smallest absolute Gasteiger partial charge is 0.257 e. The molecule has 0 bridgehead atoms. The molecule has 0 unspecified atom stereocenters. The summed E-state index contributed by atoms with van der Waals surface area (Å²) in [4.78, 5) is 32.8. The van der Waals surface area contributed by atoms with E-state index in [2.05, 4.69) is 4.98 Å². The molecule has 6 heteroatoms. The van der Waals surface area contributed by atoms with E-state index in [1.807, 2.05) is 21.9 Å². The van der Waals surface area contributed by atoms with Crippen LogP contribution >= 0.6 is 0 Å². The van der Waals surface area contributed by atoms with Crippen LogP contribution in [0.3, 0.4) is 0 Å². The molecule has 0 aliphatic carbocycles. The molecule has 0 spiro atoms. The highest BCUT2D eigenvalue weighted by Gasteiger charge is 2.48. The number of carbonyl (C=O) groups excluding carboxylic acids is 2. The molecule has 0 radical (unpaired) electrons. The van der Waals surface area contributed by atoms with Gasteiger partial charge in [-0.25, -0.2) is 0 Å². The van der Waals surface area contributed by atoms with Crippen LogP contribution in [0.2, 0.25) is 0 Å². The molecule has 2 saturated heterocycles. The Balaban J connectivity index is 1.52. The van der Waals surface area contributed by atoms with Crippen LogP contribution in [0.1, 0.15) is 28.8 Å². The van der Waals surface area contributed by atoms with Crippen LogP contribution in [0.25, 0.3) is 0 Å². The van der Waals surface area contributed by atoms with E-state index < -0.39 is 0 Å². The third-order valence-corrected chi connectivity index (χ3v) is 4.72.